The van der Waals surface area contributed by atoms with Crippen LogP contribution in [-0.2, 0) is 9.59 Å². The van der Waals surface area contributed by atoms with E-state index >= 15 is 0 Å². The number of ether oxygens (including phenoxy) is 2. The number of methoxy groups -OCH3 is 1. The molecule has 8 heteroatoms. The molecule has 2 aromatic carbocycles. The number of hydrogen-bond acceptors (Lipinski definition) is 5. The molecule has 5 rings (SSSR count). The SMILES string of the molecule is COc1ccc(C(=O)NC23CC(NC(=O)CCOc4ccccc4)(C2)C3)cc1.O=CO. The van der Waals surface area contributed by atoms with Crippen LogP contribution in [0.25, 0.3) is 0 Å². The molecule has 3 N–H and O–H groups in total. The van der Waals surface area contributed by atoms with Gasteiger partial charge in [0.1, 0.15) is 11.5 Å². The number of carbonyl (C=O) groups is 3. The lowest BCUT2D eigenvalue weighted by molar-refractivity contribution is -0.139. The fraction of sp³-hybridized carbons (Fsp3) is 0.348. The van der Waals surface area contributed by atoms with Crippen LogP contribution in [0.2, 0.25) is 0 Å². The molecule has 2 aromatic rings. The molecule has 0 spiro atoms. The van der Waals surface area contributed by atoms with E-state index in [2.05, 4.69) is 10.6 Å². The van der Waals surface area contributed by atoms with Crippen LogP contribution in [0.3, 0.4) is 0 Å². The molecule has 0 atom stereocenters. The predicted molar refractivity (Wildman–Crippen MR) is 113 cm³/mol. The minimum atomic E-state index is -0.250. The lowest BCUT2D eigenvalue weighted by Gasteiger charge is -2.70. The zero-order valence-corrected chi connectivity index (χ0v) is 17.3. The molecule has 0 aliphatic heterocycles. The molecule has 164 valence electrons. The smallest absolute Gasteiger partial charge is 0.290 e. The van der Waals surface area contributed by atoms with E-state index in [1.807, 2.05) is 30.3 Å². The highest BCUT2D eigenvalue weighted by Crippen LogP contribution is 2.60. The quantitative estimate of drug-likeness (QED) is 0.559. The standard InChI is InChI=1S/C22H24N2O4.CH2O2/c1-27-17-9-7-16(8-10-17)20(26)24-22-13-21(14-22,15-22)23-19(25)11-12-28-18-5-3-2-4-6-18;2-1-3/h2-10H,11-15H2,1H3,(H,23,25)(H,24,26);1H,(H,2,3). The molecular formula is C23H26N2O6. The fourth-order valence-electron chi connectivity index (χ4n) is 4.25. The van der Waals surface area contributed by atoms with Crippen molar-refractivity contribution in [2.24, 2.45) is 0 Å². The highest BCUT2D eigenvalue weighted by atomic mass is 16.5. The lowest BCUT2D eigenvalue weighted by atomic mass is 9.44. The molecule has 0 heterocycles. The van der Waals surface area contributed by atoms with Gasteiger partial charge in [0.15, 0.2) is 0 Å². The van der Waals surface area contributed by atoms with Crippen molar-refractivity contribution in [1.29, 1.82) is 0 Å². The topological polar surface area (TPSA) is 114 Å². The van der Waals surface area contributed by atoms with Crippen molar-refractivity contribution in [1.82, 2.24) is 10.6 Å². The molecule has 3 aliphatic carbocycles. The highest BCUT2D eigenvalue weighted by molar-refractivity contribution is 5.95. The number of rotatable bonds is 8. The van der Waals surface area contributed by atoms with Crippen molar-refractivity contribution in [3.8, 4) is 11.5 Å². The molecule has 0 unspecified atom stereocenters. The van der Waals surface area contributed by atoms with Gasteiger partial charge in [0.25, 0.3) is 12.4 Å². The summed E-state index contributed by atoms with van der Waals surface area (Å²) in [6.07, 6.45) is 2.68. The number of hydrogen-bond donors (Lipinski definition) is 3. The van der Waals surface area contributed by atoms with Gasteiger partial charge in [-0.25, -0.2) is 0 Å². The van der Waals surface area contributed by atoms with Crippen LogP contribution in [0, 0.1) is 0 Å². The van der Waals surface area contributed by atoms with Crippen LogP contribution >= 0.6 is 0 Å². The summed E-state index contributed by atoms with van der Waals surface area (Å²) in [5.74, 6) is 1.39. The summed E-state index contributed by atoms with van der Waals surface area (Å²) in [5, 5.41) is 13.1. The monoisotopic (exact) mass is 426 g/mol. The molecule has 2 amide bonds. The maximum Gasteiger partial charge on any atom is 0.290 e. The Morgan fingerprint density at radius 3 is 2.13 bits per heavy atom. The second kappa shape index (κ2) is 9.51. The van der Waals surface area contributed by atoms with Crippen LogP contribution in [0.4, 0.5) is 0 Å². The molecule has 3 aliphatic rings. The first-order chi connectivity index (χ1) is 14.9. The van der Waals surface area contributed by atoms with Gasteiger partial charge in [0, 0.05) is 16.6 Å². The molecule has 31 heavy (non-hydrogen) atoms. The average Bonchev–Trinajstić information content (AvgIpc) is 2.72. The van der Waals surface area contributed by atoms with Gasteiger partial charge in [-0.2, -0.15) is 0 Å². The second-order valence-corrected chi connectivity index (χ2v) is 7.84. The van der Waals surface area contributed by atoms with Crippen molar-refractivity contribution >= 4 is 18.3 Å². The van der Waals surface area contributed by atoms with E-state index in [0.29, 0.717) is 18.6 Å². The van der Waals surface area contributed by atoms with Crippen LogP contribution in [0.5, 0.6) is 11.5 Å². The molecular weight excluding hydrogens is 400 g/mol. The van der Waals surface area contributed by atoms with Gasteiger partial charge < -0.3 is 25.2 Å². The Morgan fingerprint density at radius 2 is 1.55 bits per heavy atom. The number of nitrogens with one attached hydrogen (secondary N) is 2. The normalized spacial score (nSPS) is 22.4. The van der Waals surface area contributed by atoms with E-state index in [1.54, 1.807) is 31.4 Å². The Hall–Kier alpha value is -3.55. The third-order valence-corrected chi connectivity index (χ3v) is 5.51. The van der Waals surface area contributed by atoms with Crippen molar-refractivity contribution in [3.05, 3.63) is 60.2 Å². The largest absolute Gasteiger partial charge is 0.497 e. The van der Waals surface area contributed by atoms with Gasteiger partial charge in [-0.15, -0.1) is 0 Å². The van der Waals surface area contributed by atoms with E-state index in [4.69, 9.17) is 19.4 Å². The predicted octanol–water partition coefficient (Wildman–Crippen LogP) is 2.39. The fourth-order valence-corrected chi connectivity index (χ4v) is 4.25. The minimum Gasteiger partial charge on any atom is -0.497 e. The third-order valence-electron chi connectivity index (χ3n) is 5.51. The Bertz CT molecular complexity index is 894. The van der Waals surface area contributed by atoms with Gasteiger partial charge in [-0.3, -0.25) is 14.4 Å². The summed E-state index contributed by atoms with van der Waals surface area (Å²) in [6, 6.07) is 16.5. The van der Waals surface area contributed by atoms with E-state index in [-0.39, 0.29) is 29.4 Å². The maximum atomic E-state index is 12.4. The molecule has 0 saturated heterocycles. The number of amides is 2. The first-order valence-corrected chi connectivity index (χ1v) is 9.96. The third kappa shape index (κ3) is 5.33. The average molecular weight is 426 g/mol. The highest BCUT2D eigenvalue weighted by Gasteiger charge is 2.69. The van der Waals surface area contributed by atoms with E-state index in [0.717, 1.165) is 30.8 Å². The van der Waals surface area contributed by atoms with E-state index in [9.17, 15) is 9.59 Å². The second-order valence-electron chi connectivity index (χ2n) is 7.84. The van der Waals surface area contributed by atoms with E-state index < -0.39 is 0 Å². The van der Waals surface area contributed by atoms with Gasteiger partial charge in [0.05, 0.1) is 20.1 Å². The van der Waals surface area contributed by atoms with Gasteiger partial charge >= 0.3 is 0 Å². The van der Waals surface area contributed by atoms with Crippen LogP contribution in [0.15, 0.2) is 54.6 Å². The molecule has 0 radical (unpaired) electrons. The number of para-hydroxylation sites is 1. The summed E-state index contributed by atoms with van der Waals surface area (Å²) >= 11 is 0. The number of carbonyl (C=O) groups excluding carboxylic acids is 2. The summed E-state index contributed by atoms with van der Waals surface area (Å²) in [4.78, 5) is 33.0. The Kier molecular flexibility index (Phi) is 6.79. The summed E-state index contributed by atoms with van der Waals surface area (Å²) in [6.45, 7) is 0.102. The first kappa shape index (κ1) is 22.1. The van der Waals surface area contributed by atoms with Gasteiger partial charge in [0.2, 0.25) is 5.91 Å². The van der Waals surface area contributed by atoms with Crippen molar-refractivity contribution < 1.29 is 29.0 Å². The van der Waals surface area contributed by atoms with Crippen LogP contribution < -0.4 is 20.1 Å². The lowest BCUT2D eigenvalue weighted by Crippen LogP contribution is -2.83. The van der Waals surface area contributed by atoms with Gasteiger partial charge in [-0.05, 0) is 55.7 Å². The Labute approximate surface area is 180 Å². The minimum absolute atomic E-state index is 0.00860. The summed E-state index contributed by atoms with van der Waals surface area (Å²) < 4.78 is 10.7. The molecule has 2 bridgehead atoms. The Balaban J connectivity index is 0.000000858. The number of benzene rings is 2. The van der Waals surface area contributed by atoms with Crippen molar-refractivity contribution in [2.75, 3.05) is 13.7 Å². The van der Waals surface area contributed by atoms with E-state index in [1.165, 1.54) is 0 Å². The molecule has 3 fully saturated rings. The van der Waals surface area contributed by atoms with Gasteiger partial charge in [-0.1, -0.05) is 18.2 Å². The maximum absolute atomic E-state index is 12.4. The summed E-state index contributed by atoms with van der Waals surface area (Å²) in [5.41, 5.74) is 0.281. The molecule has 8 nitrogen and oxygen atoms in total. The van der Waals surface area contributed by atoms with Crippen LogP contribution in [0.1, 0.15) is 36.0 Å². The zero-order valence-electron chi connectivity index (χ0n) is 17.3. The van der Waals surface area contributed by atoms with Crippen LogP contribution in [-0.4, -0.2) is 48.2 Å². The Morgan fingerprint density at radius 1 is 0.968 bits per heavy atom. The van der Waals surface area contributed by atoms with Crippen molar-refractivity contribution in [3.63, 3.8) is 0 Å². The first-order valence-electron chi connectivity index (χ1n) is 9.96. The number of carboxylic acid groups (broad SMARTS) is 1. The summed E-state index contributed by atoms with van der Waals surface area (Å²) in [7, 11) is 1.60. The molecule has 0 aromatic heterocycles. The molecule has 3 saturated carbocycles. The zero-order chi connectivity index (χ0) is 22.3. The van der Waals surface area contributed by atoms with Crippen molar-refractivity contribution in [2.45, 2.75) is 36.8 Å².